The van der Waals surface area contributed by atoms with Crippen LogP contribution in [0.1, 0.15) is 22.4 Å². The number of ether oxygens (including phenoxy) is 2. The van der Waals surface area contributed by atoms with E-state index in [1.54, 1.807) is 61.7 Å². The Bertz CT molecular complexity index is 2150. The van der Waals surface area contributed by atoms with E-state index in [0.29, 0.717) is 35.0 Å². The molecule has 13 nitrogen and oxygen atoms in total. The SMILES string of the molecule is COCCOc1ccc(NS(=O)(=O)c2ccc(N=Nc3c(C#N)[nH]n(-c4ccccc4)c3=O)cc2)cc1CNc1cc(C)c(C)cc1O. The van der Waals surface area contributed by atoms with Gasteiger partial charge in [-0.25, -0.2) is 13.1 Å². The lowest BCUT2D eigenvalue weighted by molar-refractivity contribution is 0.146. The summed E-state index contributed by atoms with van der Waals surface area (Å²) in [5.74, 6) is 0.626. The maximum atomic E-state index is 13.3. The van der Waals surface area contributed by atoms with Gasteiger partial charge in [-0.2, -0.15) is 10.4 Å². The second-order valence-corrected chi connectivity index (χ2v) is 12.4. The van der Waals surface area contributed by atoms with Crippen LogP contribution in [0.3, 0.4) is 0 Å². The number of aromatic nitrogens is 2. The van der Waals surface area contributed by atoms with E-state index in [9.17, 15) is 23.6 Å². The van der Waals surface area contributed by atoms with Crippen LogP contribution in [-0.4, -0.2) is 43.6 Å². The fourth-order valence-electron chi connectivity index (χ4n) is 4.66. The zero-order chi connectivity index (χ0) is 34.3. The van der Waals surface area contributed by atoms with E-state index in [2.05, 4.69) is 25.4 Å². The zero-order valence-corrected chi connectivity index (χ0v) is 27.2. The second-order valence-electron chi connectivity index (χ2n) is 10.7. The number of aryl methyl sites for hydroxylation is 2. The summed E-state index contributed by atoms with van der Waals surface area (Å²) < 4.78 is 41.4. The Morgan fingerprint density at radius 3 is 2.40 bits per heavy atom. The molecule has 0 spiro atoms. The van der Waals surface area contributed by atoms with Crippen LogP contribution in [0.2, 0.25) is 0 Å². The smallest absolute Gasteiger partial charge is 0.300 e. The van der Waals surface area contributed by atoms with Gasteiger partial charge in [-0.3, -0.25) is 14.6 Å². The summed E-state index contributed by atoms with van der Waals surface area (Å²) in [4.78, 5) is 12.9. The van der Waals surface area contributed by atoms with E-state index in [-0.39, 0.29) is 40.9 Å². The number of nitriles is 1. The van der Waals surface area contributed by atoms with Crippen molar-refractivity contribution in [1.29, 1.82) is 5.26 Å². The summed E-state index contributed by atoms with van der Waals surface area (Å²) in [5.41, 5.74) is 3.44. The van der Waals surface area contributed by atoms with E-state index >= 15 is 0 Å². The molecule has 0 radical (unpaired) electrons. The highest BCUT2D eigenvalue weighted by Gasteiger charge is 2.18. The monoisotopic (exact) mass is 667 g/mol. The van der Waals surface area contributed by atoms with Crippen molar-refractivity contribution in [3.05, 3.63) is 118 Å². The van der Waals surface area contributed by atoms with Gasteiger partial charge in [0.25, 0.3) is 15.6 Å². The molecule has 0 aliphatic heterocycles. The molecule has 5 aromatic rings. The summed E-state index contributed by atoms with van der Waals surface area (Å²) >= 11 is 0. The lowest BCUT2D eigenvalue weighted by atomic mass is 10.1. The average Bonchev–Trinajstić information content (AvgIpc) is 3.41. The van der Waals surface area contributed by atoms with Crippen molar-refractivity contribution in [3.63, 3.8) is 0 Å². The molecule has 1 aromatic heterocycles. The molecule has 0 saturated heterocycles. The van der Waals surface area contributed by atoms with Crippen molar-refractivity contribution in [1.82, 2.24) is 9.78 Å². The number of methoxy groups -OCH3 is 1. The average molecular weight is 668 g/mol. The number of rotatable bonds is 13. The van der Waals surface area contributed by atoms with E-state index < -0.39 is 15.6 Å². The first-order valence-electron chi connectivity index (χ1n) is 14.7. The van der Waals surface area contributed by atoms with Gasteiger partial charge in [-0.15, -0.1) is 5.11 Å². The first-order chi connectivity index (χ1) is 23.1. The number of para-hydroxylation sites is 1. The lowest BCUT2D eigenvalue weighted by Gasteiger charge is -2.16. The van der Waals surface area contributed by atoms with Gasteiger partial charge in [0.15, 0.2) is 11.4 Å². The topological polar surface area (TPSA) is 183 Å². The highest BCUT2D eigenvalue weighted by Crippen LogP contribution is 2.30. The molecule has 0 aliphatic carbocycles. The molecular weight excluding hydrogens is 634 g/mol. The standard InChI is InChI=1S/C34H33N7O6S/c1-22-17-29(31(42)18-23(22)2)36-21-24-19-26(11-14-32(24)47-16-15-46-3)40-48(44,45)28-12-9-25(10-13-28)37-38-33-30(20-35)39-41(34(33)43)27-7-5-4-6-8-27/h4-14,17-19,36,39-40,42H,15-16,21H2,1-3H3. The van der Waals surface area contributed by atoms with Crippen molar-refractivity contribution in [2.45, 2.75) is 25.3 Å². The Balaban J connectivity index is 1.33. The number of nitrogens with one attached hydrogen (secondary N) is 3. The number of nitrogens with zero attached hydrogens (tertiary/aromatic N) is 4. The predicted octanol–water partition coefficient (Wildman–Crippen LogP) is 6.21. The van der Waals surface area contributed by atoms with E-state index in [1.165, 1.54) is 28.9 Å². The van der Waals surface area contributed by atoms with Crippen LogP contribution < -0.4 is 20.3 Å². The minimum Gasteiger partial charge on any atom is -0.506 e. The van der Waals surface area contributed by atoms with Gasteiger partial charge in [0.1, 0.15) is 24.2 Å². The summed E-state index contributed by atoms with van der Waals surface area (Å²) in [6, 6.07) is 24.6. The summed E-state index contributed by atoms with van der Waals surface area (Å²) in [6.07, 6.45) is 0. The van der Waals surface area contributed by atoms with Crippen LogP contribution in [-0.2, 0) is 21.3 Å². The van der Waals surface area contributed by atoms with Crippen LogP contribution in [0.15, 0.2) is 105 Å². The fourth-order valence-corrected chi connectivity index (χ4v) is 5.71. The number of hydrogen-bond donors (Lipinski definition) is 4. The molecule has 0 amide bonds. The number of phenols is 1. The number of phenolic OH excluding ortho intramolecular Hbond substituents is 1. The highest BCUT2D eigenvalue weighted by atomic mass is 32.2. The number of azo groups is 1. The van der Waals surface area contributed by atoms with Crippen LogP contribution >= 0.6 is 0 Å². The maximum Gasteiger partial charge on any atom is 0.300 e. The second kappa shape index (κ2) is 14.7. The number of benzene rings is 4. The summed E-state index contributed by atoms with van der Waals surface area (Å²) in [7, 11) is -2.45. The molecule has 4 N–H and O–H groups in total. The Hall–Kier alpha value is -5.91. The number of sulfonamides is 1. The number of hydrogen-bond acceptors (Lipinski definition) is 10. The van der Waals surface area contributed by atoms with Crippen molar-refractivity contribution in [3.8, 4) is 23.3 Å². The van der Waals surface area contributed by atoms with Gasteiger partial charge < -0.3 is 19.9 Å². The lowest BCUT2D eigenvalue weighted by Crippen LogP contribution is -2.14. The van der Waals surface area contributed by atoms with E-state index in [0.717, 1.165) is 11.1 Å². The Labute approximate surface area is 277 Å². The molecule has 48 heavy (non-hydrogen) atoms. The van der Waals surface area contributed by atoms with E-state index in [1.807, 2.05) is 26.0 Å². The highest BCUT2D eigenvalue weighted by molar-refractivity contribution is 7.92. The molecule has 4 aromatic carbocycles. The molecule has 0 bridgehead atoms. The van der Waals surface area contributed by atoms with Gasteiger partial charge >= 0.3 is 0 Å². The van der Waals surface area contributed by atoms with Crippen molar-refractivity contribution < 1.29 is 23.0 Å². The van der Waals surface area contributed by atoms with Crippen molar-refractivity contribution in [2.75, 3.05) is 30.4 Å². The molecule has 1 heterocycles. The van der Waals surface area contributed by atoms with Crippen LogP contribution in [0, 0.1) is 25.2 Å². The molecule has 0 saturated carbocycles. The van der Waals surface area contributed by atoms with Gasteiger partial charge in [-0.1, -0.05) is 18.2 Å². The molecule has 0 atom stereocenters. The van der Waals surface area contributed by atoms with Gasteiger partial charge in [0.2, 0.25) is 0 Å². The maximum absolute atomic E-state index is 13.3. The molecular formula is C34H33N7O6S. The molecule has 0 unspecified atom stereocenters. The minimum absolute atomic E-state index is 0.0348. The molecule has 0 aliphatic rings. The first kappa shape index (κ1) is 33.5. The third-order valence-corrected chi connectivity index (χ3v) is 8.74. The van der Waals surface area contributed by atoms with Crippen molar-refractivity contribution in [2.24, 2.45) is 10.2 Å². The normalized spacial score (nSPS) is 11.4. The Morgan fingerprint density at radius 2 is 1.69 bits per heavy atom. The molecule has 0 fully saturated rings. The first-order valence-corrected chi connectivity index (χ1v) is 16.2. The Morgan fingerprint density at radius 1 is 0.958 bits per heavy atom. The number of anilines is 2. The Kier molecular flexibility index (Phi) is 10.2. The van der Waals surface area contributed by atoms with Crippen molar-refractivity contribution >= 4 is 32.8 Å². The predicted molar refractivity (Wildman–Crippen MR) is 181 cm³/mol. The van der Waals surface area contributed by atoms with Crippen LogP contribution in [0.25, 0.3) is 5.69 Å². The van der Waals surface area contributed by atoms with Crippen LogP contribution in [0.5, 0.6) is 11.5 Å². The summed E-state index contributed by atoms with van der Waals surface area (Å²) in [6.45, 7) is 4.74. The zero-order valence-electron chi connectivity index (χ0n) is 26.4. The quantitative estimate of drug-likeness (QED) is 0.0649. The third kappa shape index (κ3) is 7.72. The fraction of sp³-hybridized carbons (Fsp3) is 0.176. The molecule has 14 heteroatoms. The number of aromatic amines is 1. The number of aromatic hydroxyl groups is 1. The van der Waals surface area contributed by atoms with Gasteiger partial charge in [0.05, 0.1) is 28.6 Å². The van der Waals surface area contributed by atoms with Crippen LogP contribution in [0.4, 0.5) is 22.7 Å². The largest absolute Gasteiger partial charge is 0.506 e. The summed E-state index contributed by atoms with van der Waals surface area (Å²) in [5, 5.41) is 33.9. The van der Waals surface area contributed by atoms with Gasteiger partial charge in [0, 0.05) is 24.9 Å². The number of H-pyrrole nitrogens is 1. The molecule has 5 rings (SSSR count). The van der Waals surface area contributed by atoms with E-state index in [4.69, 9.17) is 9.47 Å². The minimum atomic E-state index is -4.02. The molecule has 246 valence electrons. The van der Waals surface area contributed by atoms with Gasteiger partial charge in [-0.05, 0) is 91.7 Å². The third-order valence-electron chi connectivity index (χ3n) is 7.34.